The van der Waals surface area contributed by atoms with E-state index in [1.54, 1.807) is 23.5 Å². The molecule has 1 saturated heterocycles. The summed E-state index contributed by atoms with van der Waals surface area (Å²) in [7, 11) is 0. The van der Waals surface area contributed by atoms with Crippen LogP contribution in [-0.4, -0.2) is 8.78 Å². The molecule has 2 rings (SSSR count). The van der Waals surface area contributed by atoms with Crippen LogP contribution in [-0.2, 0) is 0 Å². The summed E-state index contributed by atoms with van der Waals surface area (Å²) in [6.07, 6.45) is 2.28. The molecule has 88 valence electrons. The van der Waals surface area contributed by atoms with Gasteiger partial charge in [-0.25, -0.2) is 0 Å². The minimum absolute atomic E-state index is 0.194. The molecule has 2 heterocycles. The normalized spacial score (nSPS) is 26.2. The molecule has 0 spiro atoms. The Kier molecular flexibility index (Phi) is 5.13. The average molecular weight is 325 g/mol. The van der Waals surface area contributed by atoms with Crippen molar-refractivity contribution in [3.05, 3.63) is 18.3 Å². The molecular weight excluding hydrogens is 313 g/mol. The Morgan fingerprint density at radius 3 is 2.00 bits per heavy atom. The maximum atomic E-state index is 5.27. The Labute approximate surface area is 125 Å². The number of thioether (sulfide) groups is 4. The van der Waals surface area contributed by atoms with Gasteiger partial charge in [-0.1, -0.05) is 73.1 Å². The van der Waals surface area contributed by atoms with E-state index in [1.165, 1.54) is 18.3 Å². The van der Waals surface area contributed by atoms with Gasteiger partial charge in [-0.3, -0.25) is 0 Å². The fourth-order valence-electron chi connectivity index (χ4n) is 1.39. The van der Waals surface area contributed by atoms with Gasteiger partial charge in [-0.2, -0.15) is 12.6 Å². The molecule has 0 aromatic carbocycles. The van der Waals surface area contributed by atoms with Gasteiger partial charge in [0.05, 0.1) is 17.3 Å². The molecule has 0 amide bonds. The molecule has 16 heavy (non-hydrogen) atoms. The highest BCUT2D eigenvalue weighted by molar-refractivity contribution is 8.44. The maximum Gasteiger partial charge on any atom is 0.0939 e. The number of allylic oxidation sites excluding steroid dienone is 2. The molecule has 0 aliphatic carbocycles. The van der Waals surface area contributed by atoms with Crippen LogP contribution in [0.4, 0.5) is 0 Å². The van der Waals surface area contributed by atoms with E-state index in [-0.39, 0.29) is 4.58 Å². The summed E-state index contributed by atoms with van der Waals surface area (Å²) in [6, 6.07) is 0. The first kappa shape index (κ1) is 13.7. The molecule has 2 aliphatic heterocycles. The summed E-state index contributed by atoms with van der Waals surface area (Å²) in [5.41, 5.74) is 0. The lowest BCUT2D eigenvalue weighted by Crippen LogP contribution is -1.92. The molecule has 0 nitrogen and oxygen atoms in total. The Balaban J connectivity index is 2.16. The summed E-state index contributed by atoms with van der Waals surface area (Å²) < 4.78 is 3.97. The van der Waals surface area contributed by atoms with Gasteiger partial charge >= 0.3 is 0 Å². The largest absolute Gasteiger partial charge is 0.158 e. The number of thiocarbonyl (C=S) groups is 1. The fourth-order valence-corrected chi connectivity index (χ4v) is 7.91. The molecule has 1 atom stereocenters. The molecule has 0 aromatic heterocycles. The molecule has 2 aliphatic rings. The topological polar surface area (TPSA) is 0 Å². The monoisotopic (exact) mass is 324 g/mol. The maximum absolute atomic E-state index is 5.27. The van der Waals surface area contributed by atoms with Crippen molar-refractivity contribution in [3.63, 3.8) is 0 Å². The van der Waals surface area contributed by atoms with Gasteiger partial charge in [0.2, 0.25) is 0 Å². The van der Waals surface area contributed by atoms with Crippen molar-refractivity contribution in [2.45, 2.75) is 31.3 Å². The molecule has 6 heteroatoms. The van der Waals surface area contributed by atoms with Gasteiger partial charge in [-0.15, -0.1) is 0 Å². The van der Waals surface area contributed by atoms with E-state index in [1.807, 2.05) is 23.5 Å². The molecule has 0 bridgehead atoms. The molecule has 0 N–H and O–H groups in total. The summed E-state index contributed by atoms with van der Waals surface area (Å²) in [4.78, 5) is 3.06. The van der Waals surface area contributed by atoms with Gasteiger partial charge in [0.15, 0.2) is 0 Å². The van der Waals surface area contributed by atoms with Crippen molar-refractivity contribution < 1.29 is 0 Å². The number of hydrogen-bond acceptors (Lipinski definition) is 6. The zero-order valence-electron chi connectivity index (χ0n) is 8.98. The van der Waals surface area contributed by atoms with Crippen LogP contribution in [0.5, 0.6) is 0 Å². The predicted octanol–water partition coefficient (Wildman–Crippen LogP) is 5.69. The standard InChI is InChI=1S/C10H12S6/c1-3-5-6(4-2)14-9(13-5)10-15-7(11)8(12)16-10/h7,11H,3-4H2,1-2H3. The van der Waals surface area contributed by atoms with Crippen molar-refractivity contribution in [2.75, 3.05) is 0 Å². The van der Waals surface area contributed by atoms with Crippen molar-refractivity contribution in [3.8, 4) is 0 Å². The van der Waals surface area contributed by atoms with Gasteiger partial charge in [0, 0.05) is 0 Å². The lowest BCUT2D eigenvalue weighted by Gasteiger charge is -2.00. The third kappa shape index (κ3) is 2.83. The minimum atomic E-state index is 0.194. The predicted molar refractivity (Wildman–Crippen MR) is 90.4 cm³/mol. The SMILES string of the molecule is CCC1=C(CC)SC(=C2SC(=S)C(S)S2)S1. The second kappa shape index (κ2) is 5.97. The van der Waals surface area contributed by atoms with Gasteiger partial charge in [-0.05, 0) is 22.7 Å². The molecular formula is C10H12S6. The van der Waals surface area contributed by atoms with Crippen molar-refractivity contribution in [1.82, 2.24) is 0 Å². The van der Waals surface area contributed by atoms with Crippen LogP contribution in [0, 0.1) is 0 Å². The van der Waals surface area contributed by atoms with Crippen LogP contribution in [0.25, 0.3) is 0 Å². The van der Waals surface area contributed by atoms with E-state index in [4.69, 9.17) is 12.2 Å². The zero-order chi connectivity index (χ0) is 11.7. The lowest BCUT2D eigenvalue weighted by molar-refractivity contribution is 1.12. The number of rotatable bonds is 2. The lowest BCUT2D eigenvalue weighted by atomic mass is 10.3. The average Bonchev–Trinajstić information content (AvgIpc) is 2.83. The van der Waals surface area contributed by atoms with E-state index in [0.717, 1.165) is 17.0 Å². The van der Waals surface area contributed by atoms with Crippen LogP contribution in [0.1, 0.15) is 26.7 Å². The molecule has 0 aromatic rings. The minimum Gasteiger partial charge on any atom is -0.158 e. The number of thiol groups is 1. The van der Waals surface area contributed by atoms with Crippen molar-refractivity contribution in [1.29, 1.82) is 0 Å². The van der Waals surface area contributed by atoms with E-state index in [2.05, 4.69) is 26.5 Å². The van der Waals surface area contributed by atoms with E-state index >= 15 is 0 Å². The Hall–Kier alpha value is 1.32. The second-order valence-corrected chi connectivity index (χ2v) is 9.68. The van der Waals surface area contributed by atoms with Crippen LogP contribution in [0.3, 0.4) is 0 Å². The summed E-state index contributed by atoms with van der Waals surface area (Å²) in [5.74, 6) is 0. The third-order valence-corrected chi connectivity index (χ3v) is 9.60. The van der Waals surface area contributed by atoms with E-state index in [0.29, 0.717) is 0 Å². The second-order valence-electron chi connectivity index (χ2n) is 3.22. The van der Waals surface area contributed by atoms with Crippen molar-refractivity contribution >= 4 is 76.1 Å². The summed E-state index contributed by atoms with van der Waals surface area (Å²) in [6.45, 7) is 4.46. The highest BCUT2D eigenvalue weighted by Crippen LogP contribution is 2.59. The molecule has 0 saturated carbocycles. The van der Waals surface area contributed by atoms with Crippen LogP contribution < -0.4 is 0 Å². The highest BCUT2D eigenvalue weighted by atomic mass is 32.2. The molecule has 1 unspecified atom stereocenters. The Morgan fingerprint density at radius 2 is 1.62 bits per heavy atom. The fraction of sp³-hybridized carbons (Fsp3) is 0.500. The Bertz CT molecular complexity index is 363. The summed E-state index contributed by atoms with van der Waals surface area (Å²) >= 11 is 17.1. The first-order valence-electron chi connectivity index (χ1n) is 5.04. The van der Waals surface area contributed by atoms with E-state index < -0.39 is 0 Å². The quantitative estimate of drug-likeness (QED) is 0.510. The van der Waals surface area contributed by atoms with Crippen LogP contribution in [0.2, 0.25) is 0 Å². The van der Waals surface area contributed by atoms with E-state index in [9.17, 15) is 0 Å². The van der Waals surface area contributed by atoms with Crippen LogP contribution in [0.15, 0.2) is 18.3 Å². The van der Waals surface area contributed by atoms with Crippen molar-refractivity contribution in [2.24, 2.45) is 0 Å². The van der Waals surface area contributed by atoms with Gasteiger partial charge in [0.1, 0.15) is 0 Å². The zero-order valence-corrected chi connectivity index (χ0v) is 14.0. The van der Waals surface area contributed by atoms with Gasteiger partial charge in [0.25, 0.3) is 0 Å². The Morgan fingerprint density at radius 1 is 1.06 bits per heavy atom. The molecule has 1 fully saturated rings. The molecule has 0 radical (unpaired) electrons. The first-order valence-corrected chi connectivity index (χ1v) is 9.29. The smallest absolute Gasteiger partial charge is 0.0939 e. The summed E-state index contributed by atoms with van der Waals surface area (Å²) in [5, 5.41) is 0. The highest BCUT2D eigenvalue weighted by Gasteiger charge is 2.30. The number of hydrogen-bond donors (Lipinski definition) is 1. The van der Waals surface area contributed by atoms with Gasteiger partial charge < -0.3 is 0 Å². The first-order chi connectivity index (χ1) is 7.65. The van der Waals surface area contributed by atoms with Crippen LogP contribution >= 0.6 is 71.9 Å². The third-order valence-electron chi connectivity index (χ3n) is 2.17.